The SMILES string of the molecule is O[C@H](CNCc1ccc(F)c(F)c1)COc1ccc2c(c1)OCO2. The van der Waals surface area contributed by atoms with Crippen LogP contribution < -0.4 is 19.5 Å². The lowest BCUT2D eigenvalue weighted by molar-refractivity contribution is 0.106. The first-order chi connectivity index (χ1) is 11.6. The maximum atomic E-state index is 13.1. The number of rotatable bonds is 7. The number of benzene rings is 2. The van der Waals surface area contributed by atoms with Gasteiger partial charge < -0.3 is 24.6 Å². The third-order valence-corrected chi connectivity index (χ3v) is 3.48. The first-order valence-electron chi connectivity index (χ1n) is 7.47. The molecule has 0 aliphatic carbocycles. The Bertz CT molecular complexity index is 711. The van der Waals surface area contributed by atoms with Gasteiger partial charge in [0.25, 0.3) is 0 Å². The fourth-order valence-corrected chi connectivity index (χ4v) is 2.25. The van der Waals surface area contributed by atoms with E-state index in [0.717, 1.165) is 12.1 Å². The molecule has 1 aliphatic rings. The summed E-state index contributed by atoms with van der Waals surface area (Å²) >= 11 is 0. The highest BCUT2D eigenvalue weighted by Gasteiger charge is 2.14. The standard InChI is InChI=1S/C17H17F2NO4/c18-14-3-1-11(5-15(14)19)7-20-8-12(21)9-22-13-2-4-16-17(6-13)24-10-23-16/h1-6,12,20-21H,7-10H2/t12-/m1/s1. The summed E-state index contributed by atoms with van der Waals surface area (Å²) in [5, 5.41) is 12.9. The number of hydrogen-bond donors (Lipinski definition) is 2. The Morgan fingerprint density at radius 1 is 1.08 bits per heavy atom. The van der Waals surface area contributed by atoms with E-state index in [9.17, 15) is 13.9 Å². The van der Waals surface area contributed by atoms with Crippen molar-refractivity contribution in [1.29, 1.82) is 0 Å². The smallest absolute Gasteiger partial charge is 0.231 e. The molecular weight excluding hydrogens is 320 g/mol. The molecule has 0 spiro atoms. The van der Waals surface area contributed by atoms with Crippen molar-refractivity contribution in [2.75, 3.05) is 19.9 Å². The number of fused-ring (bicyclic) bond motifs is 1. The average molecular weight is 337 g/mol. The van der Waals surface area contributed by atoms with Gasteiger partial charge in [-0.25, -0.2) is 8.78 Å². The zero-order valence-corrected chi connectivity index (χ0v) is 12.8. The lowest BCUT2D eigenvalue weighted by Gasteiger charge is -2.13. The van der Waals surface area contributed by atoms with Crippen molar-refractivity contribution in [3.63, 3.8) is 0 Å². The Morgan fingerprint density at radius 3 is 2.75 bits per heavy atom. The van der Waals surface area contributed by atoms with E-state index < -0.39 is 17.7 Å². The highest BCUT2D eigenvalue weighted by atomic mass is 19.2. The number of nitrogens with one attached hydrogen (secondary N) is 1. The minimum absolute atomic E-state index is 0.0877. The van der Waals surface area contributed by atoms with Crippen LogP contribution in [0.2, 0.25) is 0 Å². The van der Waals surface area contributed by atoms with Gasteiger partial charge in [-0.15, -0.1) is 0 Å². The third kappa shape index (κ3) is 4.12. The van der Waals surface area contributed by atoms with Crippen LogP contribution >= 0.6 is 0 Å². The first-order valence-corrected chi connectivity index (χ1v) is 7.47. The summed E-state index contributed by atoms with van der Waals surface area (Å²) in [6, 6.07) is 8.86. The minimum atomic E-state index is -0.888. The molecule has 0 bridgehead atoms. The molecule has 0 fully saturated rings. The first kappa shape index (κ1) is 16.5. The number of aliphatic hydroxyl groups excluding tert-OH is 1. The highest BCUT2D eigenvalue weighted by Crippen LogP contribution is 2.35. The molecule has 0 aromatic heterocycles. The second-order valence-corrected chi connectivity index (χ2v) is 5.36. The van der Waals surface area contributed by atoms with Gasteiger partial charge in [-0.1, -0.05) is 6.07 Å². The lowest BCUT2D eigenvalue weighted by Crippen LogP contribution is -2.31. The van der Waals surface area contributed by atoms with Gasteiger partial charge in [0.2, 0.25) is 6.79 Å². The number of ether oxygens (including phenoxy) is 3. The van der Waals surface area contributed by atoms with Gasteiger partial charge in [-0.05, 0) is 29.8 Å². The average Bonchev–Trinajstić information content (AvgIpc) is 3.04. The molecule has 0 unspecified atom stereocenters. The molecule has 0 amide bonds. The van der Waals surface area contributed by atoms with Crippen molar-refractivity contribution >= 4 is 0 Å². The third-order valence-electron chi connectivity index (χ3n) is 3.48. The molecule has 1 atom stereocenters. The van der Waals surface area contributed by atoms with Gasteiger partial charge >= 0.3 is 0 Å². The molecule has 0 radical (unpaired) electrons. The second kappa shape index (κ2) is 7.46. The van der Waals surface area contributed by atoms with E-state index in [2.05, 4.69) is 5.32 Å². The fourth-order valence-electron chi connectivity index (χ4n) is 2.25. The van der Waals surface area contributed by atoms with Gasteiger partial charge in [-0.3, -0.25) is 0 Å². The summed E-state index contributed by atoms with van der Waals surface area (Å²) in [5.74, 6) is 0.0744. The van der Waals surface area contributed by atoms with Crippen LogP contribution in [0.25, 0.3) is 0 Å². The molecule has 5 nitrogen and oxygen atoms in total. The molecule has 0 saturated carbocycles. The van der Waals surface area contributed by atoms with Crippen LogP contribution in [-0.4, -0.2) is 31.2 Å². The Balaban J connectivity index is 1.41. The Morgan fingerprint density at radius 2 is 1.92 bits per heavy atom. The topological polar surface area (TPSA) is 60.0 Å². The van der Waals surface area contributed by atoms with Crippen molar-refractivity contribution in [1.82, 2.24) is 5.32 Å². The van der Waals surface area contributed by atoms with E-state index in [0.29, 0.717) is 29.4 Å². The summed E-state index contributed by atoms with van der Waals surface area (Å²) in [4.78, 5) is 0. The second-order valence-electron chi connectivity index (χ2n) is 5.36. The predicted molar refractivity (Wildman–Crippen MR) is 82.1 cm³/mol. The van der Waals surface area contributed by atoms with E-state index in [4.69, 9.17) is 14.2 Å². The molecule has 24 heavy (non-hydrogen) atoms. The zero-order valence-electron chi connectivity index (χ0n) is 12.8. The van der Waals surface area contributed by atoms with Gasteiger partial charge in [0, 0.05) is 19.2 Å². The maximum absolute atomic E-state index is 13.1. The van der Waals surface area contributed by atoms with Crippen LogP contribution in [0.4, 0.5) is 8.78 Å². The van der Waals surface area contributed by atoms with Crippen LogP contribution in [0.15, 0.2) is 36.4 Å². The fraction of sp³-hybridized carbons (Fsp3) is 0.294. The van der Waals surface area contributed by atoms with E-state index in [1.807, 2.05) is 0 Å². The van der Waals surface area contributed by atoms with Crippen molar-refractivity contribution < 1.29 is 28.1 Å². The molecule has 7 heteroatoms. The molecule has 0 saturated heterocycles. The Kier molecular flexibility index (Phi) is 5.12. The summed E-state index contributed by atoms with van der Waals surface area (Å²) in [6.45, 7) is 0.849. The Labute approximate surface area is 137 Å². The molecule has 128 valence electrons. The van der Waals surface area contributed by atoms with Gasteiger partial charge in [-0.2, -0.15) is 0 Å². The molecule has 1 heterocycles. The van der Waals surface area contributed by atoms with Gasteiger partial charge in [0.05, 0.1) is 0 Å². The van der Waals surface area contributed by atoms with E-state index in [1.54, 1.807) is 18.2 Å². The van der Waals surface area contributed by atoms with E-state index in [1.165, 1.54) is 6.07 Å². The van der Waals surface area contributed by atoms with E-state index >= 15 is 0 Å². The molecule has 3 rings (SSSR count). The van der Waals surface area contributed by atoms with Gasteiger partial charge in [0.1, 0.15) is 18.5 Å². The van der Waals surface area contributed by atoms with Crippen molar-refractivity contribution in [3.8, 4) is 17.2 Å². The van der Waals surface area contributed by atoms with Crippen LogP contribution in [0.1, 0.15) is 5.56 Å². The van der Waals surface area contributed by atoms with Crippen LogP contribution in [-0.2, 0) is 6.54 Å². The summed E-state index contributed by atoms with van der Waals surface area (Å²) in [7, 11) is 0. The summed E-state index contributed by atoms with van der Waals surface area (Å²) in [5.41, 5.74) is 0.595. The van der Waals surface area contributed by atoms with Crippen molar-refractivity contribution in [3.05, 3.63) is 53.6 Å². The molecule has 2 N–H and O–H groups in total. The zero-order chi connectivity index (χ0) is 16.9. The van der Waals surface area contributed by atoms with Gasteiger partial charge in [0.15, 0.2) is 23.1 Å². The van der Waals surface area contributed by atoms with Crippen molar-refractivity contribution in [2.24, 2.45) is 0 Å². The number of aliphatic hydroxyl groups is 1. The molecule has 2 aromatic rings. The largest absolute Gasteiger partial charge is 0.491 e. The van der Waals surface area contributed by atoms with Crippen molar-refractivity contribution in [2.45, 2.75) is 12.6 Å². The minimum Gasteiger partial charge on any atom is -0.491 e. The van der Waals surface area contributed by atoms with Crippen LogP contribution in [0.3, 0.4) is 0 Å². The maximum Gasteiger partial charge on any atom is 0.231 e. The Hall–Kier alpha value is -2.38. The summed E-state index contributed by atoms with van der Waals surface area (Å²) < 4.78 is 41.8. The van der Waals surface area contributed by atoms with Crippen LogP contribution in [0, 0.1) is 11.6 Å². The predicted octanol–water partition coefficient (Wildman–Crippen LogP) is 2.22. The molecular formula is C17H17F2NO4. The highest BCUT2D eigenvalue weighted by molar-refractivity contribution is 5.46. The summed E-state index contributed by atoms with van der Waals surface area (Å²) in [6.07, 6.45) is -0.749. The quantitative estimate of drug-likeness (QED) is 0.811. The van der Waals surface area contributed by atoms with Crippen LogP contribution in [0.5, 0.6) is 17.2 Å². The molecule has 1 aliphatic heterocycles. The van der Waals surface area contributed by atoms with E-state index in [-0.39, 0.29) is 19.9 Å². The lowest BCUT2D eigenvalue weighted by atomic mass is 10.2. The number of halogens is 2. The normalized spacial score (nSPS) is 13.8. The molecule has 2 aromatic carbocycles. The monoisotopic (exact) mass is 337 g/mol. The number of hydrogen-bond acceptors (Lipinski definition) is 5.